The van der Waals surface area contributed by atoms with E-state index in [1.807, 2.05) is 43.3 Å². The summed E-state index contributed by atoms with van der Waals surface area (Å²) in [5.41, 5.74) is 4.49. The van der Waals surface area contributed by atoms with E-state index >= 15 is 0 Å². The fourth-order valence-electron chi connectivity index (χ4n) is 1.67. The molecule has 0 aliphatic carbocycles. The van der Waals surface area contributed by atoms with Crippen LogP contribution in [-0.4, -0.2) is 18.7 Å². The van der Waals surface area contributed by atoms with Crippen molar-refractivity contribution in [3.8, 4) is 5.75 Å². The first-order chi connectivity index (χ1) is 10.6. The number of hydrazone groups is 1. The Morgan fingerprint density at radius 1 is 1.27 bits per heavy atom. The maximum atomic E-state index is 11.7. The van der Waals surface area contributed by atoms with Crippen molar-refractivity contribution in [2.45, 2.75) is 6.92 Å². The fraction of sp³-hybridized carbons (Fsp3) is 0.125. The van der Waals surface area contributed by atoms with E-state index in [9.17, 15) is 4.79 Å². The fourth-order valence-corrected chi connectivity index (χ4v) is 2.83. The molecule has 0 saturated carbocycles. The maximum absolute atomic E-state index is 11.7. The monoisotopic (exact) mass is 424 g/mol. The van der Waals surface area contributed by atoms with E-state index in [4.69, 9.17) is 4.74 Å². The second-order valence-corrected chi connectivity index (χ2v) is 6.28. The molecule has 2 rings (SSSR count). The van der Waals surface area contributed by atoms with Gasteiger partial charge in [0, 0.05) is 4.47 Å². The normalized spacial score (nSPS) is 10.7. The summed E-state index contributed by atoms with van der Waals surface area (Å²) in [6, 6.07) is 13.3. The number of benzene rings is 2. The van der Waals surface area contributed by atoms with Crippen molar-refractivity contribution in [3.05, 3.63) is 62.5 Å². The SMILES string of the molecule is Cc1ccccc1/C=N/NC(=O)COc1ccc(Br)cc1Br. The van der Waals surface area contributed by atoms with Crippen LogP contribution in [0.15, 0.2) is 56.5 Å². The molecule has 22 heavy (non-hydrogen) atoms. The van der Waals surface area contributed by atoms with E-state index in [1.54, 1.807) is 12.3 Å². The maximum Gasteiger partial charge on any atom is 0.277 e. The highest BCUT2D eigenvalue weighted by molar-refractivity contribution is 9.11. The van der Waals surface area contributed by atoms with E-state index in [0.29, 0.717) is 5.75 Å². The number of nitrogens with zero attached hydrogens (tertiary/aromatic N) is 1. The number of ether oxygens (including phenoxy) is 1. The minimum atomic E-state index is -0.320. The Hall–Kier alpha value is -1.66. The van der Waals surface area contributed by atoms with Crippen LogP contribution >= 0.6 is 31.9 Å². The van der Waals surface area contributed by atoms with Crippen molar-refractivity contribution in [2.75, 3.05) is 6.61 Å². The molecule has 1 amide bonds. The lowest BCUT2D eigenvalue weighted by atomic mass is 10.1. The summed E-state index contributed by atoms with van der Waals surface area (Å²) in [5, 5.41) is 3.93. The molecule has 4 nitrogen and oxygen atoms in total. The molecule has 0 saturated heterocycles. The van der Waals surface area contributed by atoms with Gasteiger partial charge in [-0.3, -0.25) is 4.79 Å². The molecule has 0 radical (unpaired) electrons. The van der Waals surface area contributed by atoms with Gasteiger partial charge in [0.1, 0.15) is 5.75 Å². The Morgan fingerprint density at radius 2 is 2.05 bits per heavy atom. The molecule has 0 atom stereocenters. The molecular weight excluding hydrogens is 412 g/mol. The van der Waals surface area contributed by atoms with Gasteiger partial charge in [0.25, 0.3) is 5.91 Å². The largest absolute Gasteiger partial charge is 0.483 e. The first-order valence-electron chi connectivity index (χ1n) is 6.51. The van der Waals surface area contributed by atoms with Gasteiger partial charge in [-0.2, -0.15) is 5.10 Å². The molecular formula is C16H14Br2N2O2. The first kappa shape index (κ1) is 16.7. The average Bonchev–Trinajstić information content (AvgIpc) is 2.48. The first-order valence-corrected chi connectivity index (χ1v) is 8.10. The quantitative estimate of drug-likeness (QED) is 0.580. The third-order valence-corrected chi connectivity index (χ3v) is 3.95. The van der Waals surface area contributed by atoms with E-state index in [1.165, 1.54) is 0 Å². The second kappa shape index (κ2) is 8.10. The van der Waals surface area contributed by atoms with Gasteiger partial charge in [-0.25, -0.2) is 5.43 Å². The molecule has 0 unspecified atom stereocenters. The van der Waals surface area contributed by atoms with Crippen LogP contribution in [-0.2, 0) is 4.79 Å². The van der Waals surface area contributed by atoms with Crippen LogP contribution in [0.2, 0.25) is 0 Å². The van der Waals surface area contributed by atoms with Crippen molar-refractivity contribution in [3.63, 3.8) is 0 Å². The second-order valence-electron chi connectivity index (χ2n) is 4.51. The smallest absolute Gasteiger partial charge is 0.277 e. The van der Waals surface area contributed by atoms with Crippen LogP contribution in [0.4, 0.5) is 0 Å². The standard InChI is InChI=1S/C16H14Br2N2O2/c1-11-4-2-3-5-12(11)9-19-20-16(21)10-22-15-7-6-13(17)8-14(15)18/h2-9H,10H2,1H3,(H,20,21)/b19-9+. The predicted octanol–water partition coefficient (Wildman–Crippen LogP) is 4.05. The lowest BCUT2D eigenvalue weighted by Gasteiger charge is -2.07. The van der Waals surface area contributed by atoms with Crippen molar-refractivity contribution in [1.29, 1.82) is 0 Å². The highest BCUT2D eigenvalue weighted by atomic mass is 79.9. The molecule has 6 heteroatoms. The van der Waals surface area contributed by atoms with Gasteiger partial charge in [-0.15, -0.1) is 0 Å². The predicted molar refractivity (Wildman–Crippen MR) is 94.3 cm³/mol. The molecule has 0 spiro atoms. The van der Waals surface area contributed by atoms with Gasteiger partial charge in [0.05, 0.1) is 10.7 Å². The van der Waals surface area contributed by atoms with Crippen molar-refractivity contribution in [2.24, 2.45) is 5.10 Å². The summed E-state index contributed by atoms with van der Waals surface area (Å²) in [7, 11) is 0. The molecule has 2 aromatic rings. The highest BCUT2D eigenvalue weighted by Gasteiger charge is 2.05. The number of amides is 1. The van der Waals surface area contributed by atoms with Crippen LogP contribution in [0.25, 0.3) is 0 Å². The zero-order valence-electron chi connectivity index (χ0n) is 11.8. The highest BCUT2D eigenvalue weighted by Crippen LogP contribution is 2.27. The van der Waals surface area contributed by atoms with E-state index < -0.39 is 0 Å². The molecule has 1 N–H and O–H groups in total. The molecule has 0 aliphatic rings. The van der Waals surface area contributed by atoms with Crippen LogP contribution in [0, 0.1) is 6.92 Å². The van der Waals surface area contributed by atoms with Gasteiger partial charge < -0.3 is 4.74 Å². The van der Waals surface area contributed by atoms with Gasteiger partial charge in [0.2, 0.25) is 0 Å². The third-order valence-electron chi connectivity index (χ3n) is 2.83. The Labute approximate surface area is 145 Å². The lowest BCUT2D eigenvalue weighted by molar-refractivity contribution is -0.123. The van der Waals surface area contributed by atoms with Gasteiger partial charge >= 0.3 is 0 Å². The Morgan fingerprint density at radius 3 is 2.77 bits per heavy atom. The van der Waals surface area contributed by atoms with Crippen LogP contribution < -0.4 is 10.2 Å². The molecule has 0 aliphatic heterocycles. The minimum Gasteiger partial charge on any atom is -0.483 e. The Kier molecular flexibility index (Phi) is 6.15. The van der Waals surface area contributed by atoms with Crippen LogP contribution in [0.1, 0.15) is 11.1 Å². The molecule has 0 aromatic heterocycles. The Bertz CT molecular complexity index is 702. The summed E-state index contributed by atoms with van der Waals surface area (Å²) in [5.74, 6) is 0.279. The number of nitrogens with one attached hydrogen (secondary N) is 1. The minimum absolute atomic E-state index is 0.106. The molecule has 0 bridgehead atoms. The number of rotatable bonds is 5. The summed E-state index contributed by atoms with van der Waals surface area (Å²) < 4.78 is 7.13. The summed E-state index contributed by atoms with van der Waals surface area (Å²) in [4.78, 5) is 11.7. The average molecular weight is 426 g/mol. The van der Waals surface area contributed by atoms with E-state index in [2.05, 4.69) is 42.4 Å². The third kappa shape index (κ3) is 4.96. The zero-order chi connectivity index (χ0) is 15.9. The number of halogens is 2. The van der Waals surface area contributed by atoms with E-state index in [-0.39, 0.29) is 12.5 Å². The summed E-state index contributed by atoms with van der Waals surface area (Å²) in [6.07, 6.45) is 1.61. The number of aryl methyl sites for hydroxylation is 1. The van der Waals surface area contributed by atoms with Gasteiger partial charge in [-0.1, -0.05) is 40.2 Å². The molecule has 0 fully saturated rings. The van der Waals surface area contributed by atoms with Gasteiger partial charge in [-0.05, 0) is 52.2 Å². The number of hydrogen-bond acceptors (Lipinski definition) is 3. The lowest BCUT2D eigenvalue weighted by Crippen LogP contribution is -2.24. The number of hydrogen-bond donors (Lipinski definition) is 1. The van der Waals surface area contributed by atoms with Crippen LogP contribution in [0.3, 0.4) is 0 Å². The molecule has 0 heterocycles. The van der Waals surface area contributed by atoms with Crippen LogP contribution in [0.5, 0.6) is 5.75 Å². The molecule has 114 valence electrons. The van der Waals surface area contributed by atoms with Crippen molar-refractivity contribution >= 4 is 44.0 Å². The van der Waals surface area contributed by atoms with Crippen molar-refractivity contribution in [1.82, 2.24) is 5.43 Å². The zero-order valence-corrected chi connectivity index (χ0v) is 15.0. The topological polar surface area (TPSA) is 50.7 Å². The number of carbonyl (C=O) groups excluding carboxylic acids is 1. The van der Waals surface area contributed by atoms with Crippen molar-refractivity contribution < 1.29 is 9.53 Å². The molecule has 2 aromatic carbocycles. The van der Waals surface area contributed by atoms with Gasteiger partial charge in [0.15, 0.2) is 6.61 Å². The summed E-state index contributed by atoms with van der Waals surface area (Å²) in [6.45, 7) is 1.88. The Balaban J connectivity index is 1.84. The number of carbonyl (C=O) groups is 1. The van der Waals surface area contributed by atoms with E-state index in [0.717, 1.165) is 20.1 Å². The summed E-state index contributed by atoms with van der Waals surface area (Å²) >= 11 is 6.73.